The van der Waals surface area contributed by atoms with Crippen molar-refractivity contribution >= 4 is 11.6 Å². The highest BCUT2D eigenvalue weighted by Crippen LogP contribution is 2.30. The van der Waals surface area contributed by atoms with E-state index < -0.39 is 0 Å². The minimum Gasteiger partial charge on any atom is -0.507 e. The molecule has 0 aliphatic carbocycles. The van der Waals surface area contributed by atoms with Gasteiger partial charge in [0.25, 0.3) is 0 Å². The molecule has 0 aliphatic heterocycles. The second-order valence-corrected chi connectivity index (χ2v) is 7.92. The lowest BCUT2D eigenvalue weighted by Gasteiger charge is -2.14. The zero-order chi connectivity index (χ0) is 24.9. The van der Waals surface area contributed by atoms with E-state index in [0.29, 0.717) is 40.2 Å². The molecule has 0 heterocycles. The molecule has 6 heteroatoms. The monoisotopic (exact) mass is 468 g/mol. The molecule has 4 aromatic rings. The topological polar surface area (TPSA) is 93.1 Å². The van der Waals surface area contributed by atoms with Crippen LogP contribution in [0.3, 0.4) is 0 Å². The van der Waals surface area contributed by atoms with E-state index in [0.717, 1.165) is 0 Å². The molecular weight excluding hydrogens is 444 g/mol. The third-order valence-corrected chi connectivity index (χ3v) is 5.80. The average molecular weight is 469 g/mol. The van der Waals surface area contributed by atoms with Gasteiger partial charge in [0.15, 0.2) is 11.6 Å². The van der Waals surface area contributed by atoms with Crippen molar-refractivity contribution < 1.29 is 29.3 Å². The normalized spacial score (nSPS) is 10.6. The van der Waals surface area contributed by atoms with Crippen LogP contribution in [-0.4, -0.2) is 36.0 Å². The number of phenols is 2. The first-order valence-corrected chi connectivity index (χ1v) is 10.9. The number of benzene rings is 4. The number of aromatic hydroxyl groups is 2. The van der Waals surface area contributed by atoms with E-state index in [-0.39, 0.29) is 34.2 Å². The van der Waals surface area contributed by atoms with Crippen molar-refractivity contribution in [2.45, 2.75) is 6.42 Å². The highest BCUT2D eigenvalue weighted by atomic mass is 16.5. The molecule has 0 saturated carbocycles. The Hall–Kier alpha value is -4.58. The van der Waals surface area contributed by atoms with Gasteiger partial charge in [-0.05, 0) is 41.8 Å². The lowest BCUT2D eigenvalue weighted by atomic mass is 9.90. The van der Waals surface area contributed by atoms with Crippen molar-refractivity contribution in [3.63, 3.8) is 0 Å². The molecule has 176 valence electrons. The van der Waals surface area contributed by atoms with E-state index in [1.807, 2.05) is 24.3 Å². The number of hydrogen-bond acceptors (Lipinski definition) is 6. The fourth-order valence-electron chi connectivity index (χ4n) is 3.95. The van der Waals surface area contributed by atoms with Gasteiger partial charge in [-0.25, -0.2) is 0 Å². The summed E-state index contributed by atoms with van der Waals surface area (Å²) in [4.78, 5) is 26.6. The Bertz CT molecular complexity index is 1300. The molecule has 0 spiro atoms. The number of ether oxygens (including phenoxy) is 2. The summed E-state index contributed by atoms with van der Waals surface area (Å²) in [6.07, 6.45) is 0.303. The molecule has 0 unspecified atom stereocenters. The van der Waals surface area contributed by atoms with Crippen LogP contribution in [0.2, 0.25) is 0 Å². The van der Waals surface area contributed by atoms with Crippen molar-refractivity contribution in [2.24, 2.45) is 0 Å². The maximum Gasteiger partial charge on any atom is 0.197 e. The molecule has 0 radical (unpaired) electrons. The third-order valence-electron chi connectivity index (χ3n) is 5.80. The lowest BCUT2D eigenvalue weighted by Crippen LogP contribution is -2.09. The van der Waals surface area contributed by atoms with E-state index in [1.54, 1.807) is 36.4 Å². The van der Waals surface area contributed by atoms with Crippen LogP contribution in [-0.2, 0) is 6.42 Å². The quantitative estimate of drug-likeness (QED) is 0.347. The van der Waals surface area contributed by atoms with Gasteiger partial charge in [0, 0.05) is 23.3 Å². The SMILES string of the molecule is COc1ccc(C(=O)c2ccccc2Cc2ccccc2C(=O)c2ccc(OC)cc2O)c(O)c1. The third kappa shape index (κ3) is 4.87. The van der Waals surface area contributed by atoms with E-state index in [9.17, 15) is 19.8 Å². The number of ketones is 2. The van der Waals surface area contributed by atoms with E-state index in [2.05, 4.69) is 0 Å². The Morgan fingerprint density at radius 1 is 0.600 bits per heavy atom. The second kappa shape index (κ2) is 10.1. The number of carbonyl (C=O) groups is 2. The summed E-state index contributed by atoms with van der Waals surface area (Å²) in [5, 5.41) is 20.7. The van der Waals surface area contributed by atoms with Crippen LogP contribution in [0, 0.1) is 0 Å². The van der Waals surface area contributed by atoms with E-state index in [4.69, 9.17) is 9.47 Å². The summed E-state index contributed by atoms with van der Waals surface area (Å²) in [7, 11) is 2.96. The summed E-state index contributed by atoms with van der Waals surface area (Å²) in [6, 6.07) is 23.2. The minimum absolute atomic E-state index is 0.158. The number of hydrogen-bond donors (Lipinski definition) is 2. The van der Waals surface area contributed by atoms with Crippen molar-refractivity contribution in [1.82, 2.24) is 0 Å². The highest BCUT2D eigenvalue weighted by molar-refractivity contribution is 6.13. The summed E-state index contributed by atoms with van der Waals surface area (Å²) in [5.74, 6) is -0.123. The van der Waals surface area contributed by atoms with Crippen LogP contribution in [0.1, 0.15) is 43.0 Å². The molecule has 0 aliphatic rings. The Balaban J connectivity index is 1.69. The molecule has 0 saturated heterocycles. The van der Waals surface area contributed by atoms with Gasteiger partial charge < -0.3 is 19.7 Å². The van der Waals surface area contributed by atoms with Crippen LogP contribution in [0.25, 0.3) is 0 Å². The minimum atomic E-state index is -0.336. The summed E-state index contributed by atoms with van der Waals surface area (Å²) < 4.78 is 10.2. The zero-order valence-corrected chi connectivity index (χ0v) is 19.3. The number of methoxy groups -OCH3 is 2. The zero-order valence-electron chi connectivity index (χ0n) is 19.3. The molecule has 4 rings (SSSR count). The van der Waals surface area contributed by atoms with Crippen LogP contribution < -0.4 is 9.47 Å². The van der Waals surface area contributed by atoms with E-state index in [1.165, 1.54) is 38.5 Å². The van der Waals surface area contributed by atoms with Crippen molar-refractivity contribution in [3.05, 3.63) is 118 Å². The van der Waals surface area contributed by atoms with Gasteiger partial charge in [0.1, 0.15) is 23.0 Å². The smallest absolute Gasteiger partial charge is 0.197 e. The molecule has 35 heavy (non-hydrogen) atoms. The van der Waals surface area contributed by atoms with Crippen LogP contribution in [0.5, 0.6) is 23.0 Å². The maximum atomic E-state index is 13.3. The molecular formula is C29H24O6. The van der Waals surface area contributed by atoms with Crippen molar-refractivity contribution in [2.75, 3.05) is 14.2 Å². The van der Waals surface area contributed by atoms with Crippen LogP contribution >= 0.6 is 0 Å². The van der Waals surface area contributed by atoms with Crippen LogP contribution in [0.15, 0.2) is 84.9 Å². The first-order valence-electron chi connectivity index (χ1n) is 10.9. The molecule has 2 N–H and O–H groups in total. The molecule has 0 amide bonds. The standard InChI is InChI=1S/C29H24O6/c1-34-20-11-13-24(26(30)16-20)28(32)22-9-5-3-7-18(22)15-19-8-4-6-10-23(19)29(33)25-14-12-21(35-2)17-27(25)31/h3-14,16-17,30-31H,15H2,1-2H3. The van der Waals surface area contributed by atoms with Gasteiger partial charge in [-0.3, -0.25) is 9.59 Å². The molecule has 0 aromatic heterocycles. The predicted octanol–water partition coefficient (Wildman–Crippen LogP) is 5.17. The Labute approximate surface area is 203 Å². The average Bonchev–Trinajstić information content (AvgIpc) is 2.88. The van der Waals surface area contributed by atoms with Crippen molar-refractivity contribution in [1.29, 1.82) is 0 Å². The van der Waals surface area contributed by atoms with Crippen molar-refractivity contribution in [3.8, 4) is 23.0 Å². The van der Waals surface area contributed by atoms with Gasteiger partial charge in [-0.1, -0.05) is 48.5 Å². The van der Waals surface area contributed by atoms with Gasteiger partial charge in [0.05, 0.1) is 25.3 Å². The van der Waals surface area contributed by atoms with E-state index >= 15 is 0 Å². The number of carbonyl (C=O) groups excluding carboxylic acids is 2. The Morgan fingerprint density at radius 2 is 1.00 bits per heavy atom. The van der Waals surface area contributed by atoms with Gasteiger partial charge >= 0.3 is 0 Å². The summed E-state index contributed by atoms with van der Waals surface area (Å²) in [6.45, 7) is 0. The molecule has 6 nitrogen and oxygen atoms in total. The summed E-state index contributed by atoms with van der Waals surface area (Å²) in [5.41, 5.74) is 2.56. The Kier molecular flexibility index (Phi) is 6.83. The lowest BCUT2D eigenvalue weighted by molar-refractivity contribution is 0.102. The largest absolute Gasteiger partial charge is 0.507 e. The highest BCUT2D eigenvalue weighted by Gasteiger charge is 2.21. The second-order valence-electron chi connectivity index (χ2n) is 7.92. The molecule has 0 fully saturated rings. The first-order chi connectivity index (χ1) is 16.9. The van der Waals surface area contributed by atoms with Gasteiger partial charge in [-0.2, -0.15) is 0 Å². The van der Waals surface area contributed by atoms with Gasteiger partial charge in [0.2, 0.25) is 0 Å². The van der Waals surface area contributed by atoms with Crippen LogP contribution in [0.4, 0.5) is 0 Å². The fraction of sp³-hybridized carbons (Fsp3) is 0.103. The summed E-state index contributed by atoms with van der Waals surface area (Å²) >= 11 is 0. The molecule has 0 atom stereocenters. The number of rotatable bonds is 8. The number of phenolic OH excluding ortho intramolecular Hbond substituents is 2. The molecule has 4 aromatic carbocycles. The first kappa shape index (κ1) is 23.6. The maximum absolute atomic E-state index is 13.3. The Morgan fingerprint density at radius 3 is 1.37 bits per heavy atom. The molecule has 0 bridgehead atoms. The van der Waals surface area contributed by atoms with Gasteiger partial charge in [-0.15, -0.1) is 0 Å². The predicted molar refractivity (Wildman–Crippen MR) is 132 cm³/mol. The fourth-order valence-corrected chi connectivity index (χ4v) is 3.95.